The third-order valence-electron chi connectivity index (χ3n) is 1.84. The number of rotatable bonds is 3. The van der Waals surface area contributed by atoms with Crippen LogP contribution >= 0.6 is 11.6 Å². The van der Waals surface area contributed by atoms with E-state index in [1.54, 1.807) is 6.92 Å². The standard InChI is InChI=1S/C9H10ClNO3/c1-2-7-5(9(13)14)3-6(10)8(4-12)11-7/h3,12H,2,4H2,1H3,(H,13,14). The summed E-state index contributed by atoms with van der Waals surface area (Å²) in [5, 5.41) is 17.9. The number of halogens is 1. The molecule has 76 valence electrons. The predicted octanol–water partition coefficient (Wildman–Crippen LogP) is 1.49. The second-order valence-corrected chi connectivity index (χ2v) is 3.14. The zero-order chi connectivity index (χ0) is 10.7. The number of nitrogens with zero attached hydrogens (tertiary/aromatic N) is 1. The van der Waals surface area contributed by atoms with E-state index in [1.165, 1.54) is 6.07 Å². The van der Waals surface area contributed by atoms with Crippen molar-refractivity contribution in [1.29, 1.82) is 0 Å². The van der Waals surface area contributed by atoms with Crippen molar-refractivity contribution in [2.75, 3.05) is 0 Å². The van der Waals surface area contributed by atoms with Gasteiger partial charge in [0.1, 0.15) is 0 Å². The minimum atomic E-state index is -1.05. The molecular weight excluding hydrogens is 206 g/mol. The number of hydrogen-bond donors (Lipinski definition) is 2. The van der Waals surface area contributed by atoms with E-state index in [2.05, 4.69) is 4.98 Å². The van der Waals surface area contributed by atoms with Gasteiger partial charge in [-0.25, -0.2) is 4.79 Å². The molecule has 0 aliphatic carbocycles. The molecule has 0 aliphatic rings. The van der Waals surface area contributed by atoms with Crippen molar-refractivity contribution >= 4 is 17.6 Å². The van der Waals surface area contributed by atoms with E-state index in [9.17, 15) is 4.79 Å². The molecule has 4 nitrogen and oxygen atoms in total. The first-order chi connectivity index (χ1) is 6.60. The first-order valence-corrected chi connectivity index (χ1v) is 4.50. The van der Waals surface area contributed by atoms with Crippen LogP contribution in [0.5, 0.6) is 0 Å². The highest BCUT2D eigenvalue weighted by atomic mass is 35.5. The summed E-state index contributed by atoms with van der Waals surface area (Å²) < 4.78 is 0. The number of aliphatic hydroxyl groups is 1. The second kappa shape index (κ2) is 4.39. The summed E-state index contributed by atoms with van der Waals surface area (Å²) >= 11 is 5.72. The Labute approximate surface area is 86.2 Å². The molecule has 14 heavy (non-hydrogen) atoms. The van der Waals surface area contributed by atoms with Gasteiger partial charge in [0, 0.05) is 0 Å². The molecule has 0 aromatic carbocycles. The summed E-state index contributed by atoms with van der Waals surface area (Å²) in [5.41, 5.74) is 0.842. The van der Waals surface area contributed by atoms with E-state index >= 15 is 0 Å². The van der Waals surface area contributed by atoms with Gasteiger partial charge >= 0.3 is 5.97 Å². The summed E-state index contributed by atoms with van der Waals surface area (Å²) in [6, 6.07) is 1.32. The van der Waals surface area contributed by atoms with Crippen molar-refractivity contribution in [3.63, 3.8) is 0 Å². The van der Waals surface area contributed by atoms with E-state index in [0.29, 0.717) is 17.8 Å². The Morgan fingerprint density at radius 2 is 2.21 bits per heavy atom. The maximum atomic E-state index is 10.8. The first kappa shape index (κ1) is 10.9. The minimum absolute atomic E-state index is 0.0923. The summed E-state index contributed by atoms with van der Waals surface area (Å²) in [6.45, 7) is 1.51. The number of aromatic carboxylic acids is 1. The molecule has 0 aliphatic heterocycles. The molecule has 1 aromatic heterocycles. The lowest BCUT2D eigenvalue weighted by Gasteiger charge is -2.06. The fourth-order valence-electron chi connectivity index (χ4n) is 1.14. The van der Waals surface area contributed by atoms with Gasteiger partial charge in [0.25, 0.3) is 0 Å². The van der Waals surface area contributed by atoms with Gasteiger partial charge < -0.3 is 10.2 Å². The quantitative estimate of drug-likeness (QED) is 0.802. The SMILES string of the molecule is CCc1nc(CO)c(Cl)cc1C(=O)O. The van der Waals surface area contributed by atoms with Crippen molar-refractivity contribution in [1.82, 2.24) is 4.98 Å². The number of carboxylic acid groups (broad SMARTS) is 1. The third kappa shape index (κ3) is 2.02. The molecule has 2 N–H and O–H groups in total. The molecule has 0 unspecified atom stereocenters. The van der Waals surface area contributed by atoms with E-state index < -0.39 is 5.97 Å². The second-order valence-electron chi connectivity index (χ2n) is 2.73. The zero-order valence-electron chi connectivity index (χ0n) is 7.62. The number of aliphatic hydroxyl groups excluding tert-OH is 1. The molecular formula is C9H10ClNO3. The van der Waals surface area contributed by atoms with Crippen LogP contribution in [0.1, 0.15) is 28.7 Å². The Hall–Kier alpha value is -1.13. The largest absolute Gasteiger partial charge is 0.478 e. The molecule has 0 fully saturated rings. The van der Waals surface area contributed by atoms with Gasteiger partial charge in [-0.1, -0.05) is 18.5 Å². The van der Waals surface area contributed by atoms with Crippen LogP contribution < -0.4 is 0 Å². The molecule has 1 heterocycles. The van der Waals surface area contributed by atoms with Crippen molar-refractivity contribution in [3.8, 4) is 0 Å². The lowest BCUT2D eigenvalue weighted by molar-refractivity contribution is 0.0695. The smallest absolute Gasteiger partial charge is 0.337 e. The molecule has 0 atom stereocenters. The molecule has 1 aromatic rings. The van der Waals surface area contributed by atoms with Gasteiger partial charge in [-0.15, -0.1) is 0 Å². The number of aryl methyl sites for hydroxylation is 1. The van der Waals surface area contributed by atoms with E-state index in [1.807, 2.05) is 0 Å². The Kier molecular flexibility index (Phi) is 3.43. The molecule has 0 spiro atoms. The van der Waals surface area contributed by atoms with Gasteiger partial charge in [-0.3, -0.25) is 4.98 Å². The van der Waals surface area contributed by atoms with Crippen LogP contribution in [-0.2, 0) is 13.0 Å². The number of carbonyl (C=O) groups is 1. The minimum Gasteiger partial charge on any atom is -0.478 e. The average Bonchev–Trinajstić information content (AvgIpc) is 2.17. The van der Waals surface area contributed by atoms with E-state index in [-0.39, 0.29) is 17.2 Å². The van der Waals surface area contributed by atoms with Crippen LogP contribution in [0.3, 0.4) is 0 Å². The highest BCUT2D eigenvalue weighted by Crippen LogP contribution is 2.19. The van der Waals surface area contributed by atoms with Gasteiger partial charge in [-0.2, -0.15) is 0 Å². The van der Waals surface area contributed by atoms with Crippen molar-refractivity contribution in [3.05, 3.63) is 28.0 Å². The van der Waals surface area contributed by atoms with Crippen molar-refractivity contribution in [2.24, 2.45) is 0 Å². The number of pyridine rings is 1. The van der Waals surface area contributed by atoms with Crippen LogP contribution in [0.15, 0.2) is 6.07 Å². The Bertz CT molecular complexity index is 365. The normalized spacial score (nSPS) is 10.2. The van der Waals surface area contributed by atoms with E-state index in [4.69, 9.17) is 21.8 Å². The lowest BCUT2D eigenvalue weighted by Crippen LogP contribution is -2.07. The highest BCUT2D eigenvalue weighted by Gasteiger charge is 2.13. The Morgan fingerprint density at radius 1 is 1.57 bits per heavy atom. The summed E-state index contributed by atoms with van der Waals surface area (Å²) in [4.78, 5) is 14.7. The van der Waals surface area contributed by atoms with Crippen molar-refractivity contribution < 1.29 is 15.0 Å². The summed E-state index contributed by atoms with van der Waals surface area (Å²) in [5.74, 6) is -1.05. The third-order valence-corrected chi connectivity index (χ3v) is 2.17. The van der Waals surface area contributed by atoms with Crippen LogP contribution in [0.2, 0.25) is 5.02 Å². The molecule has 0 saturated carbocycles. The molecule has 1 rings (SSSR count). The van der Waals surface area contributed by atoms with Gasteiger partial charge in [0.2, 0.25) is 0 Å². The summed E-state index contributed by atoms with van der Waals surface area (Å²) in [6.07, 6.45) is 0.492. The Balaban J connectivity index is 3.31. The zero-order valence-corrected chi connectivity index (χ0v) is 8.38. The Morgan fingerprint density at radius 3 is 2.64 bits per heavy atom. The average molecular weight is 216 g/mol. The van der Waals surface area contributed by atoms with Crippen LogP contribution in [-0.4, -0.2) is 21.2 Å². The monoisotopic (exact) mass is 215 g/mol. The fraction of sp³-hybridized carbons (Fsp3) is 0.333. The molecule has 0 bridgehead atoms. The van der Waals surface area contributed by atoms with Crippen LogP contribution in [0.4, 0.5) is 0 Å². The fourth-order valence-corrected chi connectivity index (χ4v) is 1.35. The molecule has 0 amide bonds. The maximum absolute atomic E-state index is 10.8. The predicted molar refractivity (Wildman–Crippen MR) is 51.5 cm³/mol. The topological polar surface area (TPSA) is 70.4 Å². The van der Waals surface area contributed by atoms with Gasteiger partial charge in [0.15, 0.2) is 0 Å². The number of hydrogen-bond acceptors (Lipinski definition) is 3. The first-order valence-electron chi connectivity index (χ1n) is 4.12. The highest BCUT2D eigenvalue weighted by molar-refractivity contribution is 6.31. The number of carboxylic acids is 1. The van der Waals surface area contributed by atoms with E-state index in [0.717, 1.165) is 0 Å². The van der Waals surface area contributed by atoms with Gasteiger partial charge in [0.05, 0.1) is 28.6 Å². The van der Waals surface area contributed by atoms with Gasteiger partial charge in [-0.05, 0) is 12.5 Å². The summed E-state index contributed by atoms with van der Waals surface area (Å²) in [7, 11) is 0. The van der Waals surface area contributed by atoms with Crippen LogP contribution in [0, 0.1) is 0 Å². The maximum Gasteiger partial charge on any atom is 0.337 e. The molecule has 5 heteroatoms. The lowest BCUT2D eigenvalue weighted by atomic mass is 10.1. The molecule has 0 radical (unpaired) electrons. The number of aromatic nitrogens is 1. The van der Waals surface area contributed by atoms with Crippen LogP contribution in [0.25, 0.3) is 0 Å². The van der Waals surface area contributed by atoms with Crippen molar-refractivity contribution in [2.45, 2.75) is 20.0 Å². The molecule has 0 saturated heterocycles.